The highest BCUT2D eigenvalue weighted by Gasteiger charge is 2.20. The minimum absolute atomic E-state index is 0.000973. The molecular formula is C22H15Cl5N2O3. The second kappa shape index (κ2) is 10.2. The topological polar surface area (TPSA) is 67.4 Å². The van der Waals surface area contributed by atoms with Crippen molar-refractivity contribution in [3.8, 4) is 11.5 Å². The van der Waals surface area contributed by atoms with Crippen LogP contribution in [-0.2, 0) is 0 Å². The molecule has 0 spiro atoms. The van der Waals surface area contributed by atoms with Crippen molar-refractivity contribution in [3.63, 3.8) is 0 Å². The number of benzene rings is 3. The highest BCUT2D eigenvalue weighted by atomic mass is 35.5. The molecule has 2 N–H and O–H groups in total. The number of urea groups is 1. The Balaban J connectivity index is 1.81. The van der Waals surface area contributed by atoms with Gasteiger partial charge in [-0.25, -0.2) is 4.79 Å². The number of aryl methyl sites for hydroxylation is 1. The van der Waals surface area contributed by atoms with Crippen LogP contribution in [0.5, 0.6) is 11.5 Å². The molecule has 32 heavy (non-hydrogen) atoms. The molecule has 0 aromatic heterocycles. The van der Waals surface area contributed by atoms with E-state index in [4.69, 9.17) is 62.7 Å². The largest absolute Gasteiger partial charge is 0.454 e. The van der Waals surface area contributed by atoms with Gasteiger partial charge in [-0.05, 0) is 61.4 Å². The number of anilines is 1. The van der Waals surface area contributed by atoms with E-state index in [0.29, 0.717) is 38.4 Å². The lowest BCUT2D eigenvalue weighted by atomic mass is 10.1. The maximum absolute atomic E-state index is 12.5. The third-order valence-electron chi connectivity index (χ3n) is 4.43. The average Bonchev–Trinajstić information content (AvgIpc) is 2.71. The first-order valence-corrected chi connectivity index (χ1v) is 11.0. The van der Waals surface area contributed by atoms with Gasteiger partial charge in [-0.3, -0.25) is 10.1 Å². The van der Waals surface area contributed by atoms with Crippen molar-refractivity contribution in [2.45, 2.75) is 13.8 Å². The zero-order valence-corrected chi connectivity index (χ0v) is 20.4. The summed E-state index contributed by atoms with van der Waals surface area (Å²) in [6.07, 6.45) is 0. The molecule has 0 radical (unpaired) electrons. The Hall–Kier alpha value is -2.15. The number of amides is 3. The molecule has 3 aromatic carbocycles. The van der Waals surface area contributed by atoms with Crippen molar-refractivity contribution < 1.29 is 14.3 Å². The first-order valence-electron chi connectivity index (χ1n) is 9.07. The molecule has 3 rings (SSSR count). The van der Waals surface area contributed by atoms with E-state index in [9.17, 15) is 9.59 Å². The summed E-state index contributed by atoms with van der Waals surface area (Å²) in [5, 5.41) is 6.14. The van der Waals surface area contributed by atoms with E-state index in [2.05, 4.69) is 10.6 Å². The lowest BCUT2D eigenvalue weighted by Crippen LogP contribution is -2.35. The highest BCUT2D eigenvalue weighted by Crippen LogP contribution is 2.40. The van der Waals surface area contributed by atoms with Crippen LogP contribution >= 0.6 is 58.0 Å². The molecule has 0 atom stereocenters. The van der Waals surface area contributed by atoms with Crippen molar-refractivity contribution in [1.29, 1.82) is 0 Å². The fraction of sp³-hybridized carbons (Fsp3) is 0.0909. The normalized spacial score (nSPS) is 10.6. The fourth-order valence-corrected chi connectivity index (χ4v) is 4.09. The molecular weight excluding hydrogens is 518 g/mol. The maximum atomic E-state index is 12.5. The zero-order chi connectivity index (χ0) is 23.6. The molecule has 3 amide bonds. The van der Waals surface area contributed by atoms with Crippen LogP contribution in [0.4, 0.5) is 10.5 Å². The minimum atomic E-state index is -0.775. The van der Waals surface area contributed by atoms with Crippen LogP contribution in [0.3, 0.4) is 0 Å². The van der Waals surface area contributed by atoms with Gasteiger partial charge in [-0.1, -0.05) is 64.1 Å². The molecule has 0 aliphatic rings. The summed E-state index contributed by atoms with van der Waals surface area (Å²) in [6.45, 7) is 3.45. The second-order valence-electron chi connectivity index (χ2n) is 6.69. The Morgan fingerprint density at radius 3 is 2.12 bits per heavy atom. The summed E-state index contributed by atoms with van der Waals surface area (Å²) >= 11 is 30.6. The van der Waals surface area contributed by atoms with E-state index < -0.39 is 11.9 Å². The predicted molar refractivity (Wildman–Crippen MR) is 130 cm³/mol. The Bertz CT molecular complexity index is 1210. The standard InChI is InChI=1S/C22H15Cl5N2O3/c1-10-8-17(32-16-7-6-12(23)9-15(16)26)19(27)11(2)20(10)28-22(31)29-21(30)18-13(24)4-3-5-14(18)25/h3-9H,1-2H3,(H2,28,29,30,31). The van der Waals surface area contributed by atoms with Crippen LogP contribution in [0.2, 0.25) is 25.1 Å². The number of carbonyl (C=O) groups excluding carboxylic acids is 2. The summed E-state index contributed by atoms with van der Waals surface area (Å²) in [6, 6.07) is 10.3. The van der Waals surface area contributed by atoms with E-state index in [-0.39, 0.29) is 20.6 Å². The summed E-state index contributed by atoms with van der Waals surface area (Å²) < 4.78 is 5.83. The Labute approximate surface area is 209 Å². The number of rotatable bonds is 4. The Morgan fingerprint density at radius 2 is 1.50 bits per heavy atom. The predicted octanol–water partition coefficient (Wildman–Crippen LogP) is 8.32. The van der Waals surface area contributed by atoms with E-state index >= 15 is 0 Å². The van der Waals surface area contributed by atoms with Gasteiger partial charge in [0.25, 0.3) is 5.91 Å². The van der Waals surface area contributed by atoms with Gasteiger partial charge in [0.15, 0.2) is 0 Å². The van der Waals surface area contributed by atoms with E-state index in [1.807, 2.05) is 0 Å². The number of ether oxygens (including phenoxy) is 1. The summed E-state index contributed by atoms with van der Waals surface area (Å²) in [5.74, 6) is -0.0231. The lowest BCUT2D eigenvalue weighted by molar-refractivity contribution is 0.0967. The van der Waals surface area contributed by atoms with E-state index in [0.717, 1.165) is 0 Å². The van der Waals surface area contributed by atoms with Crippen LogP contribution in [0.15, 0.2) is 42.5 Å². The van der Waals surface area contributed by atoms with Gasteiger partial charge >= 0.3 is 6.03 Å². The third-order valence-corrected chi connectivity index (χ3v) is 6.06. The van der Waals surface area contributed by atoms with Gasteiger partial charge in [0.1, 0.15) is 11.5 Å². The Morgan fingerprint density at radius 1 is 0.844 bits per heavy atom. The first kappa shape index (κ1) is 24.5. The molecule has 0 unspecified atom stereocenters. The monoisotopic (exact) mass is 530 g/mol. The fourth-order valence-electron chi connectivity index (χ4n) is 2.89. The summed E-state index contributed by atoms with van der Waals surface area (Å²) in [7, 11) is 0. The molecule has 0 heterocycles. The van der Waals surface area contributed by atoms with Crippen LogP contribution in [0.1, 0.15) is 21.5 Å². The quantitative estimate of drug-likeness (QED) is 0.355. The molecule has 0 saturated carbocycles. The van der Waals surface area contributed by atoms with Gasteiger partial charge < -0.3 is 10.1 Å². The summed E-state index contributed by atoms with van der Waals surface area (Å²) in [4.78, 5) is 24.9. The molecule has 166 valence electrons. The van der Waals surface area contributed by atoms with Crippen molar-refractivity contribution in [1.82, 2.24) is 5.32 Å². The minimum Gasteiger partial charge on any atom is -0.454 e. The van der Waals surface area contributed by atoms with Gasteiger partial charge in [0, 0.05) is 10.7 Å². The molecule has 10 heteroatoms. The van der Waals surface area contributed by atoms with Crippen molar-refractivity contribution in [3.05, 3.63) is 84.3 Å². The molecule has 0 aliphatic heterocycles. The Kier molecular flexibility index (Phi) is 7.80. The van der Waals surface area contributed by atoms with Crippen LogP contribution in [0, 0.1) is 13.8 Å². The number of halogens is 5. The van der Waals surface area contributed by atoms with E-state index in [1.165, 1.54) is 12.1 Å². The van der Waals surface area contributed by atoms with Crippen molar-refractivity contribution in [2.24, 2.45) is 0 Å². The number of nitrogens with one attached hydrogen (secondary N) is 2. The smallest absolute Gasteiger partial charge is 0.326 e. The number of carbonyl (C=O) groups is 2. The van der Waals surface area contributed by atoms with Gasteiger partial charge in [-0.2, -0.15) is 0 Å². The number of imide groups is 1. The summed E-state index contributed by atoms with van der Waals surface area (Å²) in [5.41, 5.74) is 1.59. The SMILES string of the molecule is Cc1cc(Oc2ccc(Cl)cc2Cl)c(Cl)c(C)c1NC(=O)NC(=O)c1c(Cl)cccc1Cl. The van der Waals surface area contributed by atoms with E-state index in [1.54, 1.807) is 44.2 Å². The molecule has 0 bridgehead atoms. The van der Waals surface area contributed by atoms with Crippen LogP contribution in [-0.4, -0.2) is 11.9 Å². The number of hydrogen-bond acceptors (Lipinski definition) is 3. The van der Waals surface area contributed by atoms with Gasteiger partial charge in [-0.15, -0.1) is 0 Å². The second-order valence-corrected chi connectivity index (χ2v) is 8.72. The molecule has 3 aromatic rings. The maximum Gasteiger partial charge on any atom is 0.326 e. The highest BCUT2D eigenvalue weighted by molar-refractivity contribution is 6.40. The van der Waals surface area contributed by atoms with Crippen LogP contribution in [0.25, 0.3) is 0 Å². The lowest BCUT2D eigenvalue weighted by Gasteiger charge is -2.17. The van der Waals surface area contributed by atoms with Gasteiger partial charge in [0.05, 0.1) is 25.7 Å². The number of hydrogen-bond donors (Lipinski definition) is 2. The molecule has 0 fully saturated rings. The van der Waals surface area contributed by atoms with Crippen molar-refractivity contribution in [2.75, 3.05) is 5.32 Å². The zero-order valence-electron chi connectivity index (χ0n) is 16.7. The van der Waals surface area contributed by atoms with Crippen LogP contribution < -0.4 is 15.4 Å². The first-order chi connectivity index (χ1) is 15.1. The third kappa shape index (κ3) is 5.42. The molecule has 0 aliphatic carbocycles. The molecule has 5 nitrogen and oxygen atoms in total. The van der Waals surface area contributed by atoms with Crippen molar-refractivity contribution >= 4 is 75.6 Å². The molecule has 0 saturated heterocycles. The average molecular weight is 533 g/mol. The van der Waals surface area contributed by atoms with Gasteiger partial charge in [0.2, 0.25) is 0 Å².